The minimum Gasteiger partial charge on any atom is -0.271 e. The van der Waals surface area contributed by atoms with Crippen LogP contribution in [0.5, 0.6) is 0 Å². The molecule has 0 saturated heterocycles. The van der Waals surface area contributed by atoms with E-state index in [1.165, 1.54) is 17.5 Å². The number of hydrogen-bond acceptors (Lipinski definition) is 4. The molecule has 0 amide bonds. The molecular weight excluding hydrogens is 212 g/mol. The number of nitrogens with two attached hydrogens (primary N) is 1. The molecule has 0 aliphatic carbocycles. The highest BCUT2D eigenvalue weighted by Gasteiger charge is 2.15. The molecule has 2 rings (SSSR count). The second kappa shape index (κ2) is 5.03. The van der Waals surface area contributed by atoms with Crippen LogP contribution < -0.4 is 11.3 Å². The van der Waals surface area contributed by atoms with Crippen LogP contribution in [-0.2, 0) is 0 Å². The Morgan fingerprint density at radius 2 is 1.88 bits per heavy atom. The summed E-state index contributed by atoms with van der Waals surface area (Å²) in [5.41, 5.74) is 7.42. The summed E-state index contributed by atoms with van der Waals surface area (Å²) in [5.74, 6) is 5.65. The summed E-state index contributed by atoms with van der Waals surface area (Å²) in [7, 11) is 0. The normalized spacial score (nSPS) is 12.4. The third kappa shape index (κ3) is 2.33. The van der Waals surface area contributed by atoms with Crippen LogP contribution in [0.1, 0.15) is 28.3 Å². The highest BCUT2D eigenvalue weighted by Crippen LogP contribution is 2.24. The van der Waals surface area contributed by atoms with E-state index < -0.39 is 0 Å². The second-order valence-corrected chi connectivity index (χ2v) is 4.06. The van der Waals surface area contributed by atoms with Gasteiger partial charge in [0.25, 0.3) is 0 Å². The number of aryl methyl sites for hydroxylation is 1. The van der Waals surface area contributed by atoms with Crippen LogP contribution >= 0.6 is 0 Å². The number of hydrazine groups is 1. The number of aromatic nitrogens is 2. The largest absolute Gasteiger partial charge is 0.271 e. The summed E-state index contributed by atoms with van der Waals surface area (Å²) >= 11 is 0. The van der Waals surface area contributed by atoms with Gasteiger partial charge in [-0.3, -0.25) is 5.84 Å². The van der Waals surface area contributed by atoms with Crippen molar-refractivity contribution in [2.45, 2.75) is 19.9 Å². The van der Waals surface area contributed by atoms with Gasteiger partial charge in [0.1, 0.15) is 6.33 Å². The molecule has 88 valence electrons. The van der Waals surface area contributed by atoms with Gasteiger partial charge in [-0.1, -0.05) is 18.2 Å². The first kappa shape index (κ1) is 11.7. The summed E-state index contributed by atoms with van der Waals surface area (Å²) in [4.78, 5) is 8.05. The van der Waals surface area contributed by atoms with E-state index in [0.29, 0.717) is 0 Å². The quantitative estimate of drug-likeness (QED) is 0.619. The summed E-state index contributed by atoms with van der Waals surface area (Å²) < 4.78 is 0. The summed E-state index contributed by atoms with van der Waals surface area (Å²) in [6.07, 6.45) is 5.07. The molecular formula is C13H16N4. The van der Waals surface area contributed by atoms with Crippen molar-refractivity contribution in [2.75, 3.05) is 0 Å². The molecule has 0 bridgehead atoms. The van der Waals surface area contributed by atoms with E-state index in [-0.39, 0.29) is 6.04 Å². The molecule has 0 aliphatic heterocycles. The second-order valence-electron chi connectivity index (χ2n) is 4.06. The highest BCUT2D eigenvalue weighted by atomic mass is 15.2. The maximum atomic E-state index is 5.65. The Labute approximate surface area is 101 Å². The fraction of sp³-hybridized carbons (Fsp3) is 0.231. The summed E-state index contributed by atoms with van der Waals surface area (Å²) in [6.45, 7) is 4.19. The first-order valence-electron chi connectivity index (χ1n) is 5.51. The van der Waals surface area contributed by atoms with Gasteiger partial charge in [-0.2, -0.15) is 0 Å². The topological polar surface area (TPSA) is 63.8 Å². The molecule has 3 N–H and O–H groups in total. The Hall–Kier alpha value is -1.78. The van der Waals surface area contributed by atoms with E-state index in [4.69, 9.17) is 5.84 Å². The van der Waals surface area contributed by atoms with E-state index in [2.05, 4.69) is 41.4 Å². The Morgan fingerprint density at radius 1 is 1.18 bits per heavy atom. The predicted molar refractivity (Wildman–Crippen MR) is 67.1 cm³/mol. The van der Waals surface area contributed by atoms with Crippen LogP contribution in [0.4, 0.5) is 0 Å². The van der Waals surface area contributed by atoms with Gasteiger partial charge >= 0.3 is 0 Å². The zero-order chi connectivity index (χ0) is 12.3. The van der Waals surface area contributed by atoms with Crippen LogP contribution in [0.25, 0.3) is 0 Å². The monoisotopic (exact) mass is 228 g/mol. The van der Waals surface area contributed by atoms with Gasteiger partial charge in [-0.25, -0.2) is 15.4 Å². The van der Waals surface area contributed by atoms with Crippen LogP contribution in [0.15, 0.2) is 36.9 Å². The maximum Gasteiger partial charge on any atom is 0.115 e. The van der Waals surface area contributed by atoms with Gasteiger partial charge in [-0.05, 0) is 30.5 Å². The van der Waals surface area contributed by atoms with Crippen molar-refractivity contribution in [2.24, 2.45) is 5.84 Å². The van der Waals surface area contributed by atoms with Crippen LogP contribution in [0.3, 0.4) is 0 Å². The lowest BCUT2D eigenvalue weighted by Gasteiger charge is -2.19. The summed E-state index contributed by atoms with van der Waals surface area (Å²) in [5, 5.41) is 0. The predicted octanol–water partition coefficient (Wildman–Crippen LogP) is 1.65. The molecule has 1 heterocycles. The molecule has 0 spiro atoms. The van der Waals surface area contributed by atoms with Crippen molar-refractivity contribution in [3.05, 3.63) is 59.2 Å². The van der Waals surface area contributed by atoms with Gasteiger partial charge < -0.3 is 0 Å². The molecule has 2 aromatic rings. The first-order chi connectivity index (χ1) is 8.24. The van der Waals surface area contributed by atoms with Gasteiger partial charge in [-0.15, -0.1) is 0 Å². The number of hydrogen-bond donors (Lipinski definition) is 2. The minimum absolute atomic E-state index is 0.0731. The lowest BCUT2D eigenvalue weighted by molar-refractivity contribution is 0.628. The molecule has 0 aliphatic rings. The Bertz CT molecular complexity index is 496. The SMILES string of the molecule is Cc1cccc(C(NN)c2cncnc2)c1C. The van der Waals surface area contributed by atoms with Crippen molar-refractivity contribution in [3.8, 4) is 0 Å². The van der Waals surface area contributed by atoms with Gasteiger partial charge in [0.15, 0.2) is 0 Å². The van der Waals surface area contributed by atoms with Crippen molar-refractivity contribution >= 4 is 0 Å². The molecule has 17 heavy (non-hydrogen) atoms. The number of rotatable bonds is 3. The smallest absolute Gasteiger partial charge is 0.115 e. The van der Waals surface area contributed by atoms with E-state index in [0.717, 1.165) is 11.1 Å². The molecule has 1 aromatic heterocycles. The van der Waals surface area contributed by atoms with Crippen molar-refractivity contribution in [3.63, 3.8) is 0 Å². The Morgan fingerprint density at radius 3 is 2.53 bits per heavy atom. The molecule has 0 fully saturated rings. The van der Waals surface area contributed by atoms with Gasteiger partial charge in [0, 0.05) is 18.0 Å². The number of benzene rings is 1. The molecule has 1 atom stereocenters. The van der Waals surface area contributed by atoms with Gasteiger partial charge in [0.05, 0.1) is 6.04 Å². The average Bonchev–Trinajstić information content (AvgIpc) is 2.37. The third-order valence-electron chi connectivity index (χ3n) is 3.04. The molecule has 4 nitrogen and oxygen atoms in total. The molecule has 1 aromatic carbocycles. The fourth-order valence-corrected chi connectivity index (χ4v) is 1.91. The lowest BCUT2D eigenvalue weighted by atomic mass is 9.94. The Kier molecular flexibility index (Phi) is 3.46. The van der Waals surface area contributed by atoms with Crippen LogP contribution in [0, 0.1) is 13.8 Å². The van der Waals surface area contributed by atoms with Gasteiger partial charge in [0.2, 0.25) is 0 Å². The van der Waals surface area contributed by atoms with Crippen molar-refractivity contribution < 1.29 is 0 Å². The zero-order valence-corrected chi connectivity index (χ0v) is 10.0. The summed E-state index contributed by atoms with van der Waals surface area (Å²) in [6, 6.07) is 6.12. The number of nitrogens with zero attached hydrogens (tertiary/aromatic N) is 2. The van der Waals surface area contributed by atoms with E-state index in [1.807, 2.05) is 6.07 Å². The number of nitrogens with one attached hydrogen (secondary N) is 1. The minimum atomic E-state index is -0.0731. The highest BCUT2D eigenvalue weighted by molar-refractivity contribution is 5.39. The fourth-order valence-electron chi connectivity index (χ4n) is 1.91. The standard InChI is InChI=1S/C13H16N4/c1-9-4-3-5-12(10(9)2)13(17-14)11-6-15-8-16-7-11/h3-8,13,17H,14H2,1-2H3. The zero-order valence-electron chi connectivity index (χ0n) is 10.0. The van der Waals surface area contributed by atoms with Crippen molar-refractivity contribution in [1.82, 2.24) is 15.4 Å². The average molecular weight is 228 g/mol. The third-order valence-corrected chi connectivity index (χ3v) is 3.04. The molecule has 0 saturated carbocycles. The molecule has 4 heteroatoms. The van der Waals surface area contributed by atoms with Crippen LogP contribution in [0.2, 0.25) is 0 Å². The molecule has 0 radical (unpaired) electrons. The van der Waals surface area contributed by atoms with Crippen molar-refractivity contribution in [1.29, 1.82) is 0 Å². The maximum absolute atomic E-state index is 5.65. The van der Waals surface area contributed by atoms with E-state index in [9.17, 15) is 0 Å². The van der Waals surface area contributed by atoms with E-state index >= 15 is 0 Å². The van der Waals surface area contributed by atoms with Crippen LogP contribution in [-0.4, -0.2) is 9.97 Å². The lowest BCUT2D eigenvalue weighted by Crippen LogP contribution is -2.29. The first-order valence-corrected chi connectivity index (χ1v) is 5.51. The van der Waals surface area contributed by atoms with E-state index in [1.54, 1.807) is 12.4 Å². The Balaban J connectivity index is 2.46. The molecule has 1 unspecified atom stereocenters.